The summed E-state index contributed by atoms with van der Waals surface area (Å²) in [5.41, 5.74) is 4.76. The van der Waals surface area contributed by atoms with Gasteiger partial charge in [0, 0.05) is 15.4 Å². The summed E-state index contributed by atoms with van der Waals surface area (Å²) < 4.78 is 6.54. The number of hydrogen-bond acceptors (Lipinski definition) is 5. The van der Waals surface area contributed by atoms with Crippen LogP contribution < -0.4 is 10.2 Å². The summed E-state index contributed by atoms with van der Waals surface area (Å²) in [6, 6.07) is 5.76. The number of thiazole rings is 1. The molecule has 1 aromatic heterocycles. The van der Waals surface area contributed by atoms with Gasteiger partial charge in [-0.2, -0.15) is 5.10 Å². The smallest absolute Gasteiger partial charge is 0.203 e. The molecule has 4 nitrogen and oxygen atoms in total. The molecule has 20 heavy (non-hydrogen) atoms. The number of hydrogen-bond donors (Lipinski definition) is 1. The lowest BCUT2D eigenvalue weighted by atomic mass is 10.2. The summed E-state index contributed by atoms with van der Waals surface area (Å²) in [5.74, 6) is 0.758. The minimum Gasteiger partial charge on any atom is -0.489 e. The van der Waals surface area contributed by atoms with Gasteiger partial charge in [0.05, 0.1) is 11.9 Å². The van der Waals surface area contributed by atoms with Crippen molar-refractivity contribution in [3.05, 3.63) is 52.0 Å². The summed E-state index contributed by atoms with van der Waals surface area (Å²) in [7, 11) is 0. The van der Waals surface area contributed by atoms with Gasteiger partial charge < -0.3 is 4.74 Å². The van der Waals surface area contributed by atoms with Crippen LogP contribution in [0.4, 0.5) is 5.13 Å². The van der Waals surface area contributed by atoms with E-state index < -0.39 is 0 Å². The highest BCUT2D eigenvalue weighted by Crippen LogP contribution is 2.22. The van der Waals surface area contributed by atoms with Crippen molar-refractivity contribution in [2.75, 3.05) is 12.0 Å². The Morgan fingerprint density at radius 2 is 2.40 bits per heavy atom. The van der Waals surface area contributed by atoms with Crippen LogP contribution >= 0.6 is 27.3 Å². The molecule has 0 unspecified atom stereocenters. The van der Waals surface area contributed by atoms with E-state index in [1.54, 1.807) is 12.3 Å². The fraction of sp³-hybridized carbons (Fsp3) is 0.143. The first-order chi connectivity index (χ1) is 9.69. The Morgan fingerprint density at radius 1 is 1.55 bits per heavy atom. The molecule has 0 spiro atoms. The second-order valence-electron chi connectivity index (χ2n) is 3.95. The van der Waals surface area contributed by atoms with E-state index in [0.29, 0.717) is 6.61 Å². The zero-order valence-electron chi connectivity index (χ0n) is 11.0. The lowest BCUT2D eigenvalue weighted by Crippen LogP contribution is -1.98. The number of aromatic nitrogens is 1. The number of aryl methyl sites for hydroxylation is 1. The van der Waals surface area contributed by atoms with E-state index in [1.165, 1.54) is 11.3 Å². The molecular formula is C14H14BrN3OS. The first-order valence-corrected chi connectivity index (χ1v) is 7.61. The molecule has 0 saturated carbocycles. The quantitative estimate of drug-likeness (QED) is 0.481. The monoisotopic (exact) mass is 351 g/mol. The van der Waals surface area contributed by atoms with Crippen molar-refractivity contribution < 1.29 is 4.74 Å². The van der Waals surface area contributed by atoms with Gasteiger partial charge >= 0.3 is 0 Å². The lowest BCUT2D eigenvalue weighted by molar-refractivity contribution is 0.362. The Hall–Kier alpha value is -1.66. The summed E-state index contributed by atoms with van der Waals surface area (Å²) in [5, 5.41) is 6.92. The van der Waals surface area contributed by atoms with Gasteiger partial charge in [0.15, 0.2) is 0 Å². The van der Waals surface area contributed by atoms with Gasteiger partial charge in [-0.3, -0.25) is 5.43 Å². The van der Waals surface area contributed by atoms with Crippen LogP contribution in [0.25, 0.3) is 0 Å². The van der Waals surface area contributed by atoms with Crippen LogP contribution in [0.5, 0.6) is 5.75 Å². The van der Waals surface area contributed by atoms with Gasteiger partial charge in [0.25, 0.3) is 0 Å². The largest absolute Gasteiger partial charge is 0.489 e. The maximum absolute atomic E-state index is 5.58. The SMILES string of the molecule is C=CCOc1ccc(Br)cc1C=NNc1nc(C)cs1. The molecule has 1 N–H and O–H groups in total. The third-order valence-corrected chi connectivity index (χ3v) is 3.67. The maximum Gasteiger partial charge on any atom is 0.203 e. The number of halogens is 1. The molecule has 0 aliphatic heterocycles. The topological polar surface area (TPSA) is 46.5 Å². The minimum absolute atomic E-state index is 0.460. The normalized spacial score (nSPS) is 10.7. The molecule has 0 radical (unpaired) electrons. The predicted octanol–water partition coefficient (Wildman–Crippen LogP) is 4.22. The molecule has 2 aromatic rings. The average molecular weight is 352 g/mol. The molecular weight excluding hydrogens is 338 g/mol. The van der Waals surface area contributed by atoms with Gasteiger partial charge in [0.1, 0.15) is 12.4 Å². The van der Waals surface area contributed by atoms with E-state index in [9.17, 15) is 0 Å². The summed E-state index contributed by atoms with van der Waals surface area (Å²) in [6.07, 6.45) is 3.42. The molecule has 104 valence electrons. The standard InChI is InChI=1S/C14H14BrN3OS/c1-3-6-19-13-5-4-12(15)7-11(13)8-16-18-14-17-10(2)9-20-14/h3-5,7-9H,1,6H2,2H3,(H,17,18). The zero-order chi connectivity index (χ0) is 14.4. The van der Waals surface area contributed by atoms with Gasteiger partial charge in [-0.1, -0.05) is 28.6 Å². The van der Waals surface area contributed by atoms with Gasteiger partial charge in [-0.15, -0.1) is 11.3 Å². The van der Waals surface area contributed by atoms with Crippen LogP contribution in [-0.2, 0) is 0 Å². The average Bonchev–Trinajstić information content (AvgIpc) is 2.84. The van der Waals surface area contributed by atoms with Crippen LogP contribution in [-0.4, -0.2) is 17.8 Å². The van der Waals surface area contributed by atoms with E-state index in [-0.39, 0.29) is 0 Å². The minimum atomic E-state index is 0.460. The number of hydrazone groups is 1. The van der Waals surface area contributed by atoms with Crippen molar-refractivity contribution in [2.24, 2.45) is 5.10 Å². The highest BCUT2D eigenvalue weighted by molar-refractivity contribution is 9.10. The number of benzene rings is 1. The Kier molecular flexibility index (Phi) is 5.31. The van der Waals surface area contributed by atoms with Crippen molar-refractivity contribution in [3.63, 3.8) is 0 Å². The molecule has 0 aliphatic rings. The van der Waals surface area contributed by atoms with Crippen LogP contribution in [0.3, 0.4) is 0 Å². The molecule has 6 heteroatoms. The van der Waals surface area contributed by atoms with Crippen LogP contribution in [0, 0.1) is 6.92 Å². The zero-order valence-corrected chi connectivity index (χ0v) is 13.4. The van der Waals surface area contributed by atoms with E-state index in [1.807, 2.05) is 30.5 Å². The van der Waals surface area contributed by atoms with Crippen LogP contribution in [0.15, 0.2) is 45.8 Å². The Balaban J connectivity index is 2.10. The molecule has 2 rings (SSSR count). The summed E-state index contributed by atoms with van der Waals surface area (Å²) in [6.45, 7) is 6.05. The number of nitrogens with zero attached hydrogens (tertiary/aromatic N) is 2. The second kappa shape index (κ2) is 7.21. The maximum atomic E-state index is 5.58. The highest BCUT2D eigenvalue weighted by atomic mass is 79.9. The van der Waals surface area contributed by atoms with Crippen LogP contribution in [0.1, 0.15) is 11.3 Å². The molecule has 0 fully saturated rings. The van der Waals surface area contributed by atoms with Crippen molar-refractivity contribution >= 4 is 38.6 Å². The van der Waals surface area contributed by atoms with Gasteiger partial charge in [-0.25, -0.2) is 4.98 Å². The fourth-order valence-corrected chi connectivity index (χ4v) is 2.48. The van der Waals surface area contributed by atoms with Crippen molar-refractivity contribution in [1.82, 2.24) is 4.98 Å². The Bertz CT molecular complexity index is 625. The Morgan fingerprint density at radius 3 is 3.10 bits per heavy atom. The number of nitrogens with one attached hydrogen (secondary N) is 1. The van der Waals surface area contributed by atoms with Crippen molar-refractivity contribution in [2.45, 2.75) is 6.92 Å². The van der Waals surface area contributed by atoms with E-state index in [4.69, 9.17) is 4.74 Å². The van der Waals surface area contributed by atoms with E-state index >= 15 is 0 Å². The van der Waals surface area contributed by atoms with Crippen LogP contribution in [0.2, 0.25) is 0 Å². The third-order valence-electron chi connectivity index (χ3n) is 2.31. The van der Waals surface area contributed by atoms with Gasteiger partial charge in [0.2, 0.25) is 5.13 Å². The fourth-order valence-electron chi connectivity index (χ4n) is 1.46. The number of rotatable bonds is 6. The lowest BCUT2D eigenvalue weighted by Gasteiger charge is -2.07. The molecule has 0 aliphatic carbocycles. The highest BCUT2D eigenvalue weighted by Gasteiger charge is 2.02. The first-order valence-electron chi connectivity index (χ1n) is 5.93. The third kappa shape index (κ3) is 4.18. The molecule has 0 amide bonds. The molecule has 1 heterocycles. The Labute approximate surface area is 130 Å². The number of anilines is 1. The molecule has 0 atom stereocenters. The number of ether oxygens (including phenoxy) is 1. The van der Waals surface area contributed by atoms with E-state index in [2.05, 4.69) is 38.0 Å². The van der Waals surface area contributed by atoms with E-state index in [0.717, 1.165) is 26.6 Å². The first kappa shape index (κ1) is 14.7. The summed E-state index contributed by atoms with van der Waals surface area (Å²) >= 11 is 4.95. The molecule has 0 saturated heterocycles. The predicted molar refractivity (Wildman–Crippen MR) is 87.9 cm³/mol. The van der Waals surface area contributed by atoms with Crippen molar-refractivity contribution in [3.8, 4) is 5.75 Å². The summed E-state index contributed by atoms with van der Waals surface area (Å²) in [4.78, 5) is 4.27. The molecule has 1 aromatic carbocycles. The second-order valence-corrected chi connectivity index (χ2v) is 5.72. The van der Waals surface area contributed by atoms with Crippen molar-refractivity contribution in [1.29, 1.82) is 0 Å². The van der Waals surface area contributed by atoms with Gasteiger partial charge in [-0.05, 0) is 25.1 Å². The molecule has 0 bridgehead atoms.